The molecule has 1 atom stereocenters. The molecule has 0 fully saturated rings. The Morgan fingerprint density at radius 2 is 1.90 bits per heavy atom. The van der Waals surface area contributed by atoms with E-state index in [4.69, 9.17) is 40.5 Å². The number of halogens is 3. The Balaban J connectivity index is 1.50. The molecule has 4 rings (SSSR count). The van der Waals surface area contributed by atoms with E-state index in [1.165, 1.54) is 23.2 Å². The predicted molar refractivity (Wildman–Crippen MR) is 151 cm³/mol. The van der Waals surface area contributed by atoms with Gasteiger partial charge in [0.1, 0.15) is 29.8 Å². The highest BCUT2D eigenvalue weighted by Gasteiger charge is 2.23. The van der Waals surface area contributed by atoms with Crippen LogP contribution in [0.3, 0.4) is 0 Å². The minimum absolute atomic E-state index is 0.0489. The molecular weight excluding hydrogens is 612 g/mol. The maximum absolute atomic E-state index is 14.4. The molecule has 2 heterocycles. The molecular formula is C23H16Cl2FN5O5S3. The summed E-state index contributed by atoms with van der Waals surface area (Å²) in [6.45, 7) is -0.171. The first-order valence-electron chi connectivity index (χ1n) is 10.8. The van der Waals surface area contributed by atoms with Crippen molar-refractivity contribution < 1.29 is 29.0 Å². The van der Waals surface area contributed by atoms with Gasteiger partial charge in [-0.05, 0) is 42.5 Å². The predicted octanol–water partition coefficient (Wildman–Crippen LogP) is 6.07. The van der Waals surface area contributed by atoms with Gasteiger partial charge in [-0.2, -0.15) is 0 Å². The van der Waals surface area contributed by atoms with E-state index in [-0.39, 0.29) is 28.1 Å². The maximum Gasteiger partial charge on any atom is 0.317 e. The molecule has 202 valence electrons. The van der Waals surface area contributed by atoms with Gasteiger partial charge in [-0.15, -0.1) is 0 Å². The molecule has 4 aromatic rings. The summed E-state index contributed by atoms with van der Waals surface area (Å²) in [5.74, 6) is -3.30. The first-order valence-corrected chi connectivity index (χ1v) is 13.6. The van der Waals surface area contributed by atoms with E-state index < -0.39 is 35.3 Å². The molecule has 0 aliphatic carbocycles. The van der Waals surface area contributed by atoms with E-state index in [1.807, 2.05) is 0 Å². The van der Waals surface area contributed by atoms with E-state index >= 15 is 0 Å². The van der Waals surface area contributed by atoms with E-state index in [0.717, 1.165) is 29.2 Å². The van der Waals surface area contributed by atoms with Crippen molar-refractivity contribution in [3.05, 3.63) is 62.7 Å². The van der Waals surface area contributed by atoms with Crippen LogP contribution in [0.25, 0.3) is 10.9 Å². The molecule has 16 heteroatoms. The Hall–Kier alpha value is -3.30. The molecule has 0 aliphatic rings. The second-order valence-electron chi connectivity index (χ2n) is 7.86. The van der Waals surface area contributed by atoms with Crippen LogP contribution in [0.4, 0.5) is 21.6 Å². The summed E-state index contributed by atoms with van der Waals surface area (Å²) >= 11 is 19.1. The number of hydrogen-bond donors (Lipinski definition) is 4. The monoisotopic (exact) mass is 627 g/mol. The van der Waals surface area contributed by atoms with Gasteiger partial charge in [-0.25, -0.2) is 14.4 Å². The molecule has 39 heavy (non-hydrogen) atoms. The van der Waals surface area contributed by atoms with Crippen LogP contribution in [0.5, 0.6) is 0 Å². The fourth-order valence-corrected chi connectivity index (χ4v) is 6.35. The summed E-state index contributed by atoms with van der Waals surface area (Å²) < 4.78 is 16.6. The Kier molecular flexibility index (Phi) is 9.02. The summed E-state index contributed by atoms with van der Waals surface area (Å²) in [4.78, 5) is 43.4. The lowest BCUT2D eigenvalue weighted by molar-refractivity contribution is -0.142. The van der Waals surface area contributed by atoms with Crippen molar-refractivity contribution in [2.24, 2.45) is 0 Å². The van der Waals surface area contributed by atoms with Crippen molar-refractivity contribution >= 4 is 104 Å². The number of carboxylic acid groups (broad SMARTS) is 2. The quantitative estimate of drug-likeness (QED) is 0.0927. The first-order chi connectivity index (χ1) is 18.5. The number of hydrogen-bond acceptors (Lipinski definition) is 9. The Bertz CT molecular complexity index is 1670. The van der Waals surface area contributed by atoms with Gasteiger partial charge in [-0.3, -0.25) is 14.4 Å². The molecule has 0 saturated heterocycles. The normalized spacial score (nSPS) is 11.8. The average molecular weight is 629 g/mol. The number of thioether (sulfide) groups is 1. The van der Waals surface area contributed by atoms with Gasteiger partial charge in [0, 0.05) is 17.3 Å². The van der Waals surface area contributed by atoms with E-state index in [2.05, 4.69) is 20.6 Å². The highest BCUT2D eigenvalue weighted by molar-refractivity contribution is 8.02. The minimum atomic E-state index is -1.26. The largest absolute Gasteiger partial charge is 0.481 e. The van der Waals surface area contributed by atoms with Crippen molar-refractivity contribution in [1.29, 1.82) is 0 Å². The van der Waals surface area contributed by atoms with Crippen LogP contribution in [0.2, 0.25) is 10.0 Å². The number of anilines is 3. The molecule has 2 aromatic heterocycles. The zero-order valence-electron chi connectivity index (χ0n) is 19.4. The summed E-state index contributed by atoms with van der Waals surface area (Å²) in [6.07, 6.45) is 2.25. The number of carbonyl (C=O) groups excluding carboxylic acids is 1. The second kappa shape index (κ2) is 12.3. The number of nitrogens with one attached hydrogen (secondary N) is 2. The number of rotatable bonds is 10. The number of carboxylic acids is 2. The fraction of sp³-hybridized carbons (Fsp3) is 0.130. The van der Waals surface area contributed by atoms with Gasteiger partial charge in [0.15, 0.2) is 3.95 Å². The summed E-state index contributed by atoms with van der Waals surface area (Å²) in [6, 6.07) is 7.31. The summed E-state index contributed by atoms with van der Waals surface area (Å²) in [7, 11) is 0. The Morgan fingerprint density at radius 1 is 1.15 bits per heavy atom. The lowest BCUT2D eigenvalue weighted by Gasteiger charge is -2.12. The SMILES string of the molecule is O=C(O)CC(Sc1cn(CC(=O)Nc2ccc3ncnc(Nc4cc(Cl)c(Cl)cc4F)c3c2)c(=S)s1)C(=O)O. The smallest absolute Gasteiger partial charge is 0.317 e. The minimum Gasteiger partial charge on any atom is -0.481 e. The van der Waals surface area contributed by atoms with Crippen LogP contribution < -0.4 is 10.6 Å². The molecule has 0 saturated carbocycles. The van der Waals surface area contributed by atoms with Gasteiger partial charge < -0.3 is 25.4 Å². The molecule has 4 N–H and O–H groups in total. The van der Waals surface area contributed by atoms with E-state index in [1.54, 1.807) is 18.2 Å². The number of benzene rings is 2. The van der Waals surface area contributed by atoms with Gasteiger partial charge in [0.2, 0.25) is 5.91 Å². The number of thiazole rings is 1. The highest BCUT2D eigenvalue weighted by Crippen LogP contribution is 2.33. The maximum atomic E-state index is 14.4. The van der Waals surface area contributed by atoms with Crippen LogP contribution >= 0.6 is 58.5 Å². The number of carbonyl (C=O) groups is 3. The topological polar surface area (TPSA) is 146 Å². The van der Waals surface area contributed by atoms with Crippen molar-refractivity contribution in [3.63, 3.8) is 0 Å². The molecule has 0 spiro atoms. The van der Waals surface area contributed by atoms with Crippen molar-refractivity contribution in [2.75, 3.05) is 10.6 Å². The number of aromatic nitrogens is 3. The second-order valence-corrected chi connectivity index (χ2v) is 11.9. The van der Waals surface area contributed by atoms with Gasteiger partial charge >= 0.3 is 11.9 Å². The summed E-state index contributed by atoms with van der Waals surface area (Å²) in [5.41, 5.74) is 0.985. The Morgan fingerprint density at radius 3 is 2.62 bits per heavy atom. The fourth-order valence-electron chi connectivity index (χ4n) is 3.33. The van der Waals surface area contributed by atoms with E-state index in [9.17, 15) is 23.9 Å². The first kappa shape index (κ1) is 28.7. The molecule has 1 unspecified atom stereocenters. The van der Waals surface area contributed by atoms with Crippen molar-refractivity contribution in [1.82, 2.24) is 14.5 Å². The number of nitrogens with zero attached hydrogens (tertiary/aromatic N) is 3. The van der Waals surface area contributed by atoms with Crippen molar-refractivity contribution in [2.45, 2.75) is 22.4 Å². The molecule has 1 amide bonds. The lowest BCUT2D eigenvalue weighted by Crippen LogP contribution is -2.20. The Labute approximate surface area is 242 Å². The number of amides is 1. The molecule has 0 bridgehead atoms. The van der Waals surface area contributed by atoms with Gasteiger partial charge in [0.05, 0.1) is 31.9 Å². The number of fused-ring (bicyclic) bond motifs is 1. The number of aliphatic carboxylic acids is 2. The third-order valence-electron chi connectivity index (χ3n) is 5.07. The molecule has 0 radical (unpaired) electrons. The molecule has 10 nitrogen and oxygen atoms in total. The average Bonchev–Trinajstić information content (AvgIpc) is 3.20. The molecule has 0 aliphatic heterocycles. The van der Waals surface area contributed by atoms with Crippen LogP contribution in [0.1, 0.15) is 6.42 Å². The van der Waals surface area contributed by atoms with Crippen LogP contribution in [-0.2, 0) is 20.9 Å². The zero-order chi connectivity index (χ0) is 28.3. The van der Waals surface area contributed by atoms with Crippen LogP contribution in [-0.4, -0.2) is 47.8 Å². The zero-order valence-corrected chi connectivity index (χ0v) is 23.3. The lowest BCUT2D eigenvalue weighted by atomic mass is 10.2. The van der Waals surface area contributed by atoms with Crippen molar-refractivity contribution in [3.8, 4) is 0 Å². The molecule has 2 aromatic carbocycles. The standard InChI is InChI=1S/C23H16Cl2FN5O5S3/c24-12-4-14(26)16(5-13(12)25)30-21-11-3-10(1-2-15(11)27-9-28-21)29-18(32)7-31-8-20(39-23(31)37)38-17(22(35)36)6-19(33)34/h1-5,8-9,17H,6-7H2,(H,29,32)(H,33,34)(H,35,36)(H,27,28,30). The highest BCUT2D eigenvalue weighted by atomic mass is 35.5. The van der Waals surface area contributed by atoms with Gasteiger partial charge in [-0.1, -0.05) is 46.3 Å². The van der Waals surface area contributed by atoms with Gasteiger partial charge in [0.25, 0.3) is 0 Å². The summed E-state index contributed by atoms with van der Waals surface area (Å²) in [5, 5.41) is 23.3. The third-order valence-corrected chi connectivity index (χ3v) is 8.53. The third kappa shape index (κ3) is 7.22. The van der Waals surface area contributed by atoms with E-state index in [0.29, 0.717) is 24.8 Å². The van der Waals surface area contributed by atoms with Crippen LogP contribution in [0.15, 0.2) is 47.1 Å². The van der Waals surface area contributed by atoms with Crippen LogP contribution in [0, 0.1) is 9.77 Å².